The monoisotopic (exact) mass is 394 g/mol. The molecule has 25 heavy (non-hydrogen) atoms. The normalized spacial score (nSPS) is 16.8. The van der Waals surface area contributed by atoms with Crippen molar-refractivity contribution in [2.45, 2.75) is 12.5 Å². The van der Waals surface area contributed by atoms with E-state index in [0.717, 1.165) is 27.7 Å². The Morgan fingerprint density at radius 3 is 2.28 bits per heavy atom. The van der Waals surface area contributed by atoms with E-state index in [2.05, 4.69) is 28.1 Å². The van der Waals surface area contributed by atoms with Gasteiger partial charge < -0.3 is 0 Å². The van der Waals surface area contributed by atoms with Crippen LogP contribution in [0.1, 0.15) is 23.6 Å². The number of benzene rings is 3. The largest absolute Gasteiger partial charge is 0.254 e. The van der Waals surface area contributed by atoms with Gasteiger partial charge in [-0.1, -0.05) is 70.5 Å². The highest BCUT2D eigenvalue weighted by Crippen LogP contribution is 2.38. The van der Waals surface area contributed by atoms with Gasteiger partial charge in [-0.3, -0.25) is 5.01 Å². The summed E-state index contributed by atoms with van der Waals surface area (Å²) in [5.74, 6) is -0.261. The first-order chi connectivity index (χ1) is 12.2. The third-order valence-electron chi connectivity index (χ3n) is 4.37. The molecule has 1 unspecified atom stereocenters. The first kappa shape index (κ1) is 16.0. The van der Waals surface area contributed by atoms with Crippen LogP contribution in [-0.2, 0) is 0 Å². The van der Waals surface area contributed by atoms with Crippen LogP contribution in [0.2, 0.25) is 0 Å². The fraction of sp³-hybridized carbons (Fsp3) is 0.0952. The van der Waals surface area contributed by atoms with Gasteiger partial charge >= 0.3 is 0 Å². The molecule has 1 aliphatic heterocycles. The van der Waals surface area contributed by atoms with E-state index in [-0.39, 0.29) is 11.9 Å². The molecule has 0 bridgehead atoms. The summed E-state index contributed by atoms with van der Waals surface area (Å²) in [6.07, 6.45) is 0.736. The van der Waals surface area contributed by atoms with E-state index in [0.29, 0.717) is 5.69 Å². The van der Waals surface area contributed by atoms with Crippen LogP contribution in [0.4, 0.5) is 10.1 Å². The molecule has 0 saturated heterocycles. The first-order valence-electron chi connectivity index (χ1n) is 8.14. The second-order valence-corrected chi connectivity index (χ2v) is 6.90. The predicted octanol–water partition coefficient (Wildman–Crippen LogP) is 5.94. The number of anilines is 1. The average molecular weight is 395 g/mol. The number of halogens is 2. The highest BCUT2D eigenvalue weighted by molar-refractivity contribution is 9.10. The molecule has 3 aromatic rings. The Balaban J connectivity index is 1.78. The molecule has 1 aliphatic rings. The van der Waals surface area contributed by atoms with Crippen molar-refractivity contribution in [2.75, 3.05) is 5.01 Å². The van der Waals surface area contributed by atoms with Gasteiger partial charge in [0.1, 0.15) is 5.82 Å². The SMILES string of the molecule is Fc1ccccc1N1N=C(c2ccccc2)CC1c1ccc(Br)cc1. The summed E-state index contributed by atoms with van der Waals surface area (Å²) in [6, 6.07) is 25.0. The third-order valence-corrected chi connectivity index (χ3v) is 4.90. The van der Waals surface area contributed by atoms with Gasteiger partial charge in [-0.05, 0) is 35.4 Å². The van der Waals surface area contributed by atoms with Crippen molar-refractivity contribution in [3.8, 4) is 0 Å². The lowest BCUT2D eigenvalue weighted by molar-refractivity contribution is 0.606. The van der Waals surface area contributed by atoms with Gasteiger partial charge in [0, 0.05) is 10.9 Å². The van der Waals surface area contributed by atoms with E-state index in [4.69, 9.17) is 5.10 Å². The molecular formula is C21H16BrFN2. The van der Waals surface area contributed by atoms with Gasteiger partial charge in [0.25, 0.3) is 0 Å². The second-order valence-electron chi connectivity index (χ2n) is 5.98. The van der Waals surface area contributed by atoms with E-state index in [9.17, 15) is 4.39 Å². The van der Waals surface area contributed by atoms with Gasteiger partial charge in [-0.25, -0.2) is 4.39 Å². The van der Waals surface area contributed by atoms with E-state index in [1.54, 1.807) is 17.1 Å². The van der Waals surface area contributed by atoms with Crippen LogP contribution in [0.3, 0.4) is 0 Å². The first-order valence-corrected chi connectivity index (χ1v) is 8.94. The summed E-state index contributed by atoms with van der Waals surface area (Å²) in [4.78, 5) is 0. The van der Waals surface area contributed by atoms with Crippen LogP contribution in [0.5, 0.6) is 0 Å². The van der Waals surface area contributed by atoms with Crippen molar-refractivity contribution >= 4 is 27.3 Å². The zero-order valence-electron chi connectivity index (χ0n) is 13.4. The zero-order chi connectivity index (χ0) is 17.2. The highest BCUT2D eigenvalue weighted by atomic mass is 79.9. The number of hydrogen-bond acceptors (Lipinski definition) is 2. The lowest BCUT2D eigenvalue weighted by Gasteiger charge is -2.24. The average Bonchev–Trinajstić information content (AvgIpc) is 3.09. The molecule has 3 aromatic carbocycles. The molecule has 0 fully saturated rings. The maximum Gasteiger partial charge on any atom is 0.148 e. The molecule has 0 aromatic heterocycles. The molecule has 4 rings (SSSR count). The standard InChI is InChI=1S/C21H16BrFN2/c22-17-12-10-16(11-13-17)21-14-19(15-6-2-1-3-7-15)24-25(21)20-9-5-4-8-18(20)23/h1-13,21H,14H2. The molecule has 1 atom stereocenters. The predicted molar refractivity (Wildman–Crippen MR) is 103 cm³/mol. The molecular weight excluding hydrogens is 379 g/mol. The Morgan fingerprint density at radius 2 is 1.56 bits per heavy atom. The summed E-state index contributed by atoms with van der Waals surface area (Å²) in [5.41, 5.74) is 3.66. The minimum absolute atomic E-state index is 0.0276. The summed E-state index contributed by atoms with van der Waals surface area (Å²) in [7, 11) is 0. The van der Waals surface area contributed by atoms with Gasteiger partial charge in [-0.2, -0.15) is 5.10 Å². The smallest absolute Gasteiger partial charge is 0.148 e. The minimum atomic E-state index is -0.261. The van der Waals surface area contributed by atoms with Gasteiger partial charge in [-0.15, -0.1) is 0 Å². The van der Waals surface area contributed by atoms with E-state index in [1.807, 2.05) is 48.5 Å². The summed E-state index contributed by atoms with van der Waals surface area (Å²) < 4.78 is 15.4. The van der Waals surface area contributed by atoms with Crippen LogP contribution in [-0.4, -0.2) is 5.71 Å². The summed E-state index contributed by atoms with van der Waals surface area (Å²) >= 11 is 3.47. The van der Waals surface area contributed by atoms with Gasteiger partial charge in [0.05, 0.1) is 17.4 Å². The maximum absolute atomic E-state index is 14.4. The summed E-state index contributed by atoms with van der Waals surface area (Å²) in [6.45, 7) is 0. The Bertz CT molecular complexity index is 907. The van der Waals surface area contributed by atoms with E-state index >= 15 is 0 Å². The van der Waals surface area contributed by atoms with Crippen LogP contribution in [0.25, 0.3) is 0 Å². The second kappa shape index (κ2) is 6.81. The number of rotatable bonds is 3. The topological polar surface area (TPSA) is 15.6 Å². The molecule has 124 valence electrons. The molecule has 0 amide bonds. The fourth-order valence-electron chi connectivity index (χ4n) is 3.12. The Morgan fingerprint density at radius 1 is 0.880 bits per heavy atom. The molecule has 0 radical (unpaired) electrons. The van der Waals surface area contributed by atoms with Crippen molar-refractivity contribution in [3.05, 3.63) is 100 Å². The van der Waals surface area contributed by atoms with Crippen molar-refractivity contribution < 1.29 is 4.39 Å². The van der Waals surface area contributed by atoms with E-state index < -0.39 is 0 Å². The molecule has 0 saturated carbocycles. The van der Waals surface area contributed by atoms with Crippen LogP contribution >= 0.6 is 15.9 Å². The number of hydrogen-bond donors (Lipinski definition) is 0. The van der Waals surface area contributed by atoms with Crippen molar-refractivity contribution in [1.82, 2.24) is 0 Å². The number of hydrazone groups is 1. The van der Waals surface area contributed by atoms with Crippen molar-refractivity contribution in [1.29, 1.82) is 0 Å². The van der Waals surface area contributed by atoms with Crippen molar-refractivity contribution in [2.24, 2.45) is 5.10 Å². The minimum Gasteiger partial charge on any atom is -0.254 e. The fourth-order valence-corrected chi connectivity index (χ4v) is 3.38. The van der Waals surface area contributed by atoms with E-state index in [1.165, 1.54) is 6.07 Å². The highest BCUT2D eigenvalue weighted by Gasteiger charge is 2.31. The molecule has 0 aliphatic carbocycles. The zero-order valence-corrected chi connectivity index (χ0v) is 15.0. The Kier molecular flexibility index (Phi) is 4.36. The maximum atomic E-state index is 14.4. The van der Waals surface area contributed by atoms with Gasteiger partial charge in [0.15, 0.2) is 0 Å². The van der Waals surface area contributed by atoms with Crippen LogP contribution in [0.15, 0.2) is 88.4 Å². The molecule has 4 heteroatoms. The molecule has 0 N–H and O–H groups in total. The Hall–Kier alpha value is -2.46. The summed E-state index contributed by atoms with van der Waals surface area (Å²) in [5, 5.41) is 6.57. The Labute approximate surface area is 154 Å². The molecule has 1 heterocycles. The molecule has 2 nitrogen and oxygen atoms in total. The lowest BCUT2D eigenvalue weighted by Crippen LogP contribution is -2.19. The van der Waals surface area contributed by atoms with Crippen molar-refractivity contribution in [3.63, 3.8) is 0 Å². The molecule has 0 spiro atoms. The van der Waals surface area contributed by atoms with Crippen LogP contribution < -0.4 is 5.01 Å². The lowest BCUT2D eigenvalue weighted by atomic mass is 9.98. The van der Waals surface area contributed by atoms with Crippen LogP contribution in [0, 0.1) is 5.82 Å². The quantitative estimate of drug-likeness (QED) is 0.536. The number of nitrogens with zero attached hydrogens (tertiary/aromatic N) is 2. The number of para-hydroxylation sites is 1. The third kappa shape index (κ3) is 3.22. The van der Waals surface area contributed by atoms with Gasteiger partial charge in [0.2, 0.25) is 0 Å².